The number of nitrogens with one attached hydrogen (secondary N) is 1. The fourth-order valence-electron chi connectivity index (χ4n) is 3.88. The summed E-state index contributed by atoms with van der Waals surface area (Å²) in [6.07, 6.45) is 1.86. The Balaban J connectivity index is 1.58. The Labute approximate surface area is 177 Å². The van der Waals surface area contributed by atoms with Gasteiger partial charge in [-0.05, 0) is 56.0 Å². The van der Waals surface area contributed by atoms with Crippen LogP contribution in [0.4, 0.5) is 0 Å². The van der Waals surface area contributed by atoms with E-state index in [0.717, 1.165) is 36.2 Å². The van der Waals surface area contributed by atoms with Gasteiger partial charge in [0.25, 0.3) is 5.91 Å². The number of benzene rings is 2. The molecule has 1 aliphatic rings. The van der Waals surface area contributed by atoms with Crippen molar-refractivity contribution in [2.75, 3.05) is 19.8 Å². The molecule has 1 fully saturated rings. The molecule has 0 saturated carbocycles. The number of likely N-dealkylation sites (tertiary alicyclic amines) is 1. The van der Waals surface area contributed by atoms with Gasteiger partial charge in [-0.2, -0.15) is 0 Å². The number of nitrogens with zero attached hydrogens (tertiary/aromatic N) is 2. The van der Waals surface area contributed by atoms with E-state index in [4.69, 9.17) is 14.5 Å². The Morgan fingerprint density at radius 2 is 2.03 bits per heavy atom. The molecule has 6 heteroatoms. The molecule has 30 heavy (non-hydrogen) atoms. The molecule has 1 aromatic heterocycles. The van der Waals surface area contributed by atoms with Gasteiger partial charge in [-0.15, -0.1) is 0 Å². The Hall–Kier alpha value is -3.02. The minimum Gasteiger partial charge on any atom is -0.490 e. The average Bonchev–Trinajstić information content (AvgIpc) is 3.39. The molecule has 3 aromatic rings. The highest BCUT2D eigenvalue weighted by Crippen LogP contribution is 2.35. The van der Waals surface area contributed by atoms with E-state index in [1.807, 2.05) is 48.2 Å². The lowest BCUT2D eigenvalue weighted by molar-refractivity contribution is 0.0730. The third kappa shape index (κ3) is 4.13. The second kappa shape index (κ2) is 8.78. The van der Waals surface area contributed by atoms with Crippen LogP contribution in [0.3, 0.4) is 0 Å². The van der Waals surface area contributed by atoms with Gasteiger partial charge in [-0.3, -0.25) is 4.79 Å². The summed E-state index contributed by atoms with van der Waals surface area (Å²) in [6.45, 7) is 7.97. The highest BCUT2D eigenvalue weighted by molar-refractivity contribution is 5.95. The molecule has 0 radical (unpaired) electrons. The van der Waals surface area contributed by atoms with Crippen molar-refractivity contribution in [1.29, 1.82) is 0 Å². The molecule has 0 bridgehead atoms. The lowest BCUT2D eigenvalue weighted by Crippen LogP contribution is -2.31. The normalized spacial score (nSPS) is 16.4. The minimum absolute atomic E-state index is 0.00526. The van der Waals surface area contributed by atoms with Gasteiger partial charge in [0.2, 0.25) is 0 Å². The molecule has 0 spiro atoms. The summed E-state index contributed by atoms with van der Waals surface area (Å²) in [5.74, 6) is 2.55. The van der Waals surface area contributed by atoms with Crippen molar-refractivity contribution in [1.82, 2.24) is 14.9 Å². The third-order valence-corrected chi connectivity index (χ3v) is 5.30. The number of imidazole rings is 1. The van der Waals surface area contributed by atoms with Crippen molar-refractivity contribution in [2.24, 2.45) is 5.92 Å². The van der Waals surface area contributed by atoms with Crippen LogP contribution in [-0.2, 0) is 0 Å². The maximum absolute atomic E-state index is 13.4. The van der Waals surface area contributed by atoms with Gasteiger partial charge >= 0.3 is 0 Å². The molecule has 2 aromatic carbocycles. The second-order valence-electron chi connectivity index (χ2n) is 8.10. The predicted molar refractivity (Wildman–Crippen MR) is 117 cm³/mol. The van der Waals surface area contributed by atoms with Gasteiger partial charge in [-0.25, -0.2) is 4.98 Å². The van der Waals surface area contributed by atoms with E-state index >= 15 is 0 Å². The van der Waals surface area contributed by atoms with Gasteiger partial charge in [0.15, 0.2) is 11.5 Å². The first-order valence-corrected chi connectivity index (χ1v) is 10.7. The predicted octanol–water partition coefficient (Wildman–Crippen LogP) is 4.97. The van der Waals surface area contributed by atoms with Gasteiger partial charge < -0.3 is 19.4 Å². The lowest BCUT2D eigenvalue weighted by atomic mass is 10.1. The summed E-state index contributed by atoms with van der Waals surface area (Å²) in [5.41, 5.74) is 2.53. The van der Waals surface area contributed by atoms with E-state index in [2.05, 4.69) is 18.8 Å². The number of fused-ring (bicyclic) bond motifs is 1. The number of ether oxygens (including phenoxy) is 2. The molecule has 0 unspecified atom stereocenters. The van der Waals surface area contributed by atoms with Gasteiger partial charge in [0.1, 0.15) is 5.82 Å². The number of carbonyl (C=O) groups is 1. The average molecular weight is 408 g/mol. The summed E-state index contributed by atoms with van der Waals surface area (Å²) in [7, 11) is 0. The number of hydrogen-bond acceptors (Lipinski definition) is 4. The molecular weight excluding hydrogens is 378 g/mol. The van der Waals surface area contributed by atoms with E-state index in [9.17, 15) is 4.79 Å². The van der Waals surface area contributed by atoms with Crippen LogP contribution in [0, 0.1) is 5.92 Å². The molecule has 1 saturated heterocycles. The first-order valence-electron chi connectivity index (χ1n) is 10.7. The van der Waals surface area contributed by atoms with Gasteiger partial charge in [0, 0.05) is 12.1 Å². The summed E-state index contributed by atoms with van der Waals surface area (Å²) in [4.78, 5) is 23.4. The number of rotatable bonds is 7. The Morgan fingerprint density at radius 3 is 2.80 bits per heavy atom. The zero-order chi connectivity index (χ0) is 21.1. The quantitative estimate of drug-likeness (QED) is 0.600. The summed E-state index contributed by atoms with van der Waals surface area (Å²) in [6, 6.07) is 13.4. The monoisotopic (exact) mass is 407 g/mol. The highest BCUT2D eigenvalue weighted by atomic mass is 16.5. The Bertz CT molecular complexity index is 994. The molecule has 2 heterocycles. The van der Waals surface area contributed by atoms with Gasteiger partial charge in [0.05, 0.1) is 30.3 Å². The number of carbonyl (C=O) groups excluding carboxylic acids is 1. The van der Waals surface area contributed by atoms with E-state index in [-0.39, 0.29) is 11.9 Å². The maximum Gasteiger partial charge on any atom is 0.254 e. The molecule has 6 nitrogen and oxygen atoms in total. The van der Waals surface area contributed by atoms with Crippen molar-refractivity contribution in [3.05, 3.63) is 53.9 Å². The van der Waals surface area contributed by atoms with E-state index in [1.165, 1.54) is 0 Å². The zero-order valence-corrected chi connectivity index (χ0v) is 17.9. The summed E-state index contributed by atoms with van der Waals surface area (Å²) < 4.78 is 11.6. The largest absolute Gasteiger partial charge is 0.490 e. The standard InChI is InChI=1S/C24H29N3O3/c1-4-29-22-14-17(11-12-21(22)30-15-16(2)3)24(28)27-13-7-10-20(27)23-25-18-8-5-6-9-19(18)26-23/h5-6,8-9,11-12,14,16,20H,4,7,10,13,15H2,1-3H3,(H,25,26)/t20-/m0/s1. The fourth-order valence-corrected chi connectivity index (χ4v) is 3.88. The van der Waals surface area contributed by atoms with Crippen LogP contribution < -0.4 is 9.47 Å². The van der Waals surface area contributed by atoms with Crippen LogP contribution in [0.2, 0.25) is 0 Å². The van der Waals surface area contributed by atoms with E-state index in [0.29, 0.717) is 36.2 Å². The molecule has 4 rings (SSSR count). The molecular formula is C24H29N3O3. The lowest BCUT2D eigenvalue weighted by Gasteiger charge is -2.24. The molecule has 1 amide bonds. The zero-order valence-electron chi connectivity index (χ0n) is 17.9. The van der Waals surface area contributed by atoms with Crippen molar-refractivity contribution < 1.29 is 14.3 Å². The van der Waals surface area contributed by atoms with Crippen LogP contribution in [0.25, 0.3) is 11.0 Å². The first kappa shape index (κ1) is 20.3. The SMILES string of the molecule is CCOc1cc(C(=O)N2CCC[C@H]2c2nc3ccccc3[nH]2)ccc1OCC(C)C. The Kier molecular flexibility index (Phi) is 5.93. The number of aromatic nitrogens is 2. The summed E-state index contributed by atoms with van der Waals surface area (Å²) >= 11 is 0. The van der Waals surface area contributed by atoms with E-state index < -0.39 is 0 Å². The third-order valence-electron chi connectivity index (χ3n) is 5.30. The fraction of sp³-hybridized carbons (Fsp3) is 0.417. The second-order valence-corrected chi connectivity index (χ2v) is 8.10. The van der Waals surface area contributed by atoms with Crippen LogP contribution in [-0.4, -0.2) is 40.5 Å². The molecule has 1 atom stereocenters. The molecule has 158 valence electrons. The molecule has 1 aliphatic heterocycles. The number of H-pyrrole nitrogens is 1. The minimum atomic E-state index is -0.0442. The Morgan fingerprint density at radius 1 is 1.20 bits per heavy atom. The van der Waals surface area contributed by atoms with Crippen LogP contribution in [0.5, 0.6) is 11.5 Å². The van der Waals surface area contributed by atoms with Crippen molar-refractivity contribution in [3.8, 4) is 11.5 Å². The van der Waals surface area contributed by atoms with Crippen molar-refractivity contribution >= 4 is 16.9 Å². The number of hydrogen-bond donors (Lipinski definition) is 1. The van der Waals surface area contributed by atoms with E-state index in [1.54, 1.807) is 6.07 Å². The van der Waals surface area contributed by atoms with Crippen molar-refractivity contribution in [3.63, 3.8) is 0 Å². The number of amides is 1. The van der Waals surface area contributed by atoms with Crippen LogP contribution in [0.15, 0.2) is 42.5 Å². The molecule has 0 aliphatic carbocycles. The topological polar surface area (TPSA) is 67.5 Å². The van der Waals surface area contributed by atoms with Gasteiger partial charge in [-0.1, -0.05) is 26.0 Å². The van der Waals surface area contributed by atoms with Crippen molar-refractivity contribution in [2.45, 2.75) is 39.7 Å². The van der Waals surface area contributed by atoms with Crippen LogP contribution >= 0.6 is 0 Å². The maximum atomic E-state index is 13.4. The number of para-hydroxylation sites is 2. The first-order chi connectivity index (χ1) is 14.6. The van der Waals surface area contributed by atoms with Crippen LogP contribution in [0.1, 0.15) is 55.8 Å². The highest BCUT2D eigenvalue weighted by Gasteiger charge is 2.33. The summed E-state index contributed by atoms with van der Waals surface area (Å²) in [5, 5.41) is 0. The smallest absolute Gasteiger partial charge is 0.254 e. The molecule has 1 N–H and O–H groups in total. The number of aromatic amines is 1.